The minimum atomic E-state index is -0.349. The first-order valence-electron chi connectivity index (χ1n) is 5.74. The van der Waals surface area contributed by atoms with Crippen molar-refractivity contribution >= 4 is 6.03 Å². The Morgan fingerprint density at radius 2 is 1.93 bits per heavy atom. The zero-order chi connectivity index (χ0) is 11.4. The lowest BCUT2D eigenvalue weighted by atomic mass is 9.92. The molecule has 1 saturated carbocycles. The second-order valence-electron chi connectivity index (χ2n) is 4.33. The van der Waals surface area contributed by atoms with Gasteiger partial charge in [0.25, 0.3) is 0 Å². The molecule has 0 aliphatic heterocycles. The lowest BCUT2D eigenvalue weighted by Crippen LogP contribution is -2.50. The van der Waals surface area contributed by atoms with Crippen molar-refractivity contribution < 1.29 is 9.90 Å². The van der Waals surface area contributed by atoms with Crippen molar-refractivity contribution in [2.24, 2.45) is 0 Å². The van der Waals surface area contributed by atoms with Crippen LogP contribution in [0.15, 0.2) is 0 Å². The average Bonchev–Trinajstić information content (AvgIpc) is 2.26. The molecule has 4 heteroatoms. The number of likely N-dealkylation sites (N-methyl/N-ethyl adjacent to an activating group) is 1. The number of aliphatic hydroxyl groups excluding tert-OH is 1. The lowest BCUT2D eigenvalue weighted by molar-refractivity contribution is 0.0399. The third-order valence-electron chi connectivity index (χ3n) is 3.29. The van der Waals surface area contributed by atoms with Crippen LogP contribution in [-0.2, 0) is 0 Å². The number of carbonyl (C=O) groups excluding carboxylic acids is 1. The van der Waals surface area contributed by atoms with Crippen LogP contribution in [0.3, 0.4) is 0 Å². The first-order valence-corrected chi connectivity index (χ1v) is 5.74. The highest BCUT2D eigenvalue weighted by atomic mass is 16.3. The maximum atomic E-state index is 11.9. The molecule has 2 atom stereocenters. The van der Waals surface area contributed by atoms with Crippen LogP contribution in [0.1, 0.15) is 32.6 Å². The van der Waals surface area contributed by atoms with E-state index in [1.54, 1.807) is 23.9 Å². The minimum absolute atomic E-state index is 0.000231. The van der Waals surface area contributed by atoms with Crippen molar-refractivity contribution in [1.29, 1.82) is 0 Å². The number of amides is 2. The predicted molar refractivity (Wildman–Crippen MR) is 59.7 cm³/mol. The Hall–Kier alpha value is -0.770. The number of urea groups is 1. The van der Waals surface area contributed by atoms with Gasteiger partial charge in [-0.05, 0) is 19.8 Å². The van der Waals surface area contributed by atoms with Gasteiger partial charge in [-0.25, -0.2) is 4.79 Å². The maximum absolute atomic E-state index is 11.9. The van der Waals surface area contributed by atoms with Crippen molar-refractivity contribution in [3.05, 3.63) is 0 Å². The Bertz CT molecular complexity index is 221. The third-order valence-corrected chi connectivity index (χ3v) is 3.29. The SMILES string of the molecule is CCN(C)C(=O)N(C)C1CCCCC1O. The highest BCUT2D eigenvalue weighted by Crippen LogP contribution is 2.22. The smallest absolute Gasteiger partial charge is 0.319 e. The van der Waals surface area contributed by atoms with E-state index in [2.05, 4.69) is 0 Å². The number of hydrogen-bond donors (Lipinski definition) is 1. The van der Waals surface area contributed by atoms with Crippen molar-refractivity contribution in [2.75, 3.05) is 20.6 Å². The van der Waals surface area contributed by atoms with Gasteiger partial charge in [0, 0.05) is 20.6 Å². The van der Waals surface area contributed by atoms with E-state index < -0.39 is 0 Å². The summed E-state index contributed by atoms with van der Waals surface area (Å²) in [5, 5.41) is 9.83. The van der Waals surface area contributed by atoms with Crippen LogP contribution in [0.5, 0.6) is 0 Å². The molecule has 88 valence electrons. The lowest BCUT2D eigenvalue weighted by Gasteiger charge is -2.36. The molecule has 4 nitrogen and oxygen atoms in total. The van der Waals surface area contributed by atoms with Crippen LogP contribution in [0, 0.1) is 0 Å². The first-order chi connectivity index (χ1) is 7.07. The molecule has 1 N–H and O–H groups in total. The number of nitrogens with zero attached hydrogens (tertiary/aromatic N) is 2. The number of aliphatic hydroxyl groups is 1. The van der Waals surface area contributed by atoms with Crippen LogP contribution >= 0.6 is 0 Å². The van der Waals surface area contributed by atoms with E-state index in [1.807, 2.05) is 6.92 Å². The molecule has 0 aromatic rings. The van der Waals surface area contributed by atoms with Crippen molar-refractivity contribution in [1.82, 2.24) is 9.80 Å². The fourth-order valence-electron chi connectivity index (χ4n) is 2.09. The van der Waals surface area contributed by atoms with Crippen molar-refractivity contribution in [3.63, 3.8) is 0 Å². The molecule has 0 aromatic carbocycles. The molecule has 1 fully saturated rings. The molecule has 0 bridgehead atoms. The van der Waals surface area contributed by atoms with Gasteiger partial charge in [0.2, 0.25) is 0 Å². The molecule has 1 rings (SSSR count). The predicted octanol–water partition coefficient (Wildman–Crippen LogP) is 1.29. The number of rotatable bonds is 2. The van der Waals surface area contributed by atoms with Crippen molar-refractivity contribution in [3.8, 4) is 0 Å². The molecule has 1 aliphatic rings. The molecule has 0 aromatic heterocycles. The van der Waals surface area contributed by atoms with Gasteiger partial charge in [0.05, 0.1) is 12.1 Å². The highest BCUT2D eigenvalue weighted by Gasteiger charge is 2.30. The fraction of sp³-hybridized carbons (Fsp3) is 0.909. The first kappa shape index (κ1) is 12.3. The third kappa shape index (κ3) is 2.84. The van der Waals surface area contributed by atoms with E-state index >= 15 is 0 Å². The second kappa shape index (κ2) is 5.35. The largest absolute Gasteiger partial charge is 0.391 e. The number of carbonyl (C=O) groups is 1. The van der Waals surface area contributed by atoms with Gasteiger partial charge in [-0.3, -0.25) is 0 Å². The molecule has 0 heterocycles. The molecular weight excluding hydrogens is 192 g/mol. The molecule has 2 unspecified atom stereocenters. The summed E-state index contributed by atoms with van der Waals surface area (Å²) < 4.78 is 0. The van der Waals surface area contributed by atoms with Gasteiger partial charge in [-0.2, -0.15) is 0 Å². The Labute approximate surface area is 91.9 Å². The molecule has 0 saturated heterocycles. The maximum Gasteiger partial charge on any atom is 0.319 e. The van der Waals surface area contributed by atoms with Gasteiger partial charge in [-0.15, -0.1) is 0 Å². The van der Waals surface area contributed by atoms with E-state index in [0.717, 1.165) is 25.7 Å². The molecule has 1 aliphatic carbocycles. The number of hydrogen-bond acceptors (Lipinski definition) is 2. The van der Waals surface area contributed by atoms with Crippen LogP contribution in [0.25, 0.3) is 0 Å². The summed E-state index contributed by atoms with van der Waals surface area (Å²) in [5.41, 5.74) is 0. The summed E-state index contributed by atoms with van der Waals surface area (Å²) >= 11 is 0. The van der Waals surface area contributed by atoms with Crippen LogP contribution in [-0.4, -0.2) is 53.7 Å². The normalized spacial score (nSPS) is 26.1. The van der Waals surface area contributed by atoms with Crippen LogP contribution < -0.4 is 0 Å². The van der Waals surface area contributed by atoms with Gasteiger partial charge >= 0.3 is 6.03 Å². The zero-order valence-corrected chi connectivity index (χ0v) is 9.94. The monoisotopic (exact) mass is 214 g/mol. The summed E-state index contributed by atoms with van der Waals surface area (Å²) in [7, 11) is 3.57. The quantitative estimate of drug-likeness (QED) is 0.753. The fourth-order valence-corrected chi connectivity index (χ4v) is 2.09. The van der Waals surface area contributed by atoms with E-state index in [1.165, 1.54) is 0 Å². The molecule has 2 amide bonds. The standard InChI is InChI=1S/C11H22N2O2/c1-4-12(2)11(15)13(3)9-7-5-6-8-10(9)14/h9-10,14H,4-8H2,1-3H3. The zero-order valence-electron chi connectivity index (χ0n) is 9.94. The topological polar surface area (TPSA) is 43.8 Å². The summed E-state index contributed by atoms with van der Waals surface area (Å²) in [5.74, 6) is 0. The summed E-state index contributed by atoms with van der Waals surface area (Å²) in [4.78, 5) is 15.2. The van der Waals surface area contributed by atoms with E-state index in [4.69, 9.17) is 0 Å². The Morgan fingerprint density at radius 1 is 1.33 bits per heavy atom. The minimum Gasteiger partial charge on any atom is -0.391 e. The second-order valence-corrected chi connectivity index (χ2v) is 4.33. The summed E-state index contributed by atoms with van der Waals surface area (Å²) in [6, 6.07) is 0.00343. The van der Waals surface area contributed by atoms with Gasteiger partial charge in [-0.1, -0.05) is 12.8 Å². The molecule has 15 heavy (non-hydrogen) atoms. The average molecular weight is 214 g/mol. The van der Waals surface area contributed by atoms with E-state index in [-0.39, 0.29) is 18.2 Å². The molecule has 0 radical (unpaired) electrons. The van der Waals surface area contributed by atoms with Gasteiger partial charge in [0.15, 0.2) is 0 Å². The van der Waals surface area contributed by atoms with Crippen molar-refractivity contribution in [2.45, 2.75) is 44.8 Å². The Morgan fingerprint density at radius 3 is 2.47 bits per heavy atom. The highest BCUT2D eigenvalue weighted by molar-refractivity contribution is 5.74. The molecular formula is C11H22N2O2. The van der Waals surface area contributed by atoms with Gasteiger partial charge in [0.1, 0.15) is 0 Å². The summed E-state index contributed by atoms with van der Waals surface area (Å²) in [6.07, 6.45) is 3.57. The molecule has 0 spiro atoms. The Kier molecular flexibility index (Phi) is 4.39. The van der Waals surface area contributed by atoms with Gasteiger partial charge < -0.3 is 14.9 Å². The van der Waals surface area contributed by atoms with E-state index in [9.17, 15) is 9.90 Å². The van der Waals surface area contributed by atoms with Crippen LogP contribution in [0.4, 0.5) is 4.79 Å². The Balaban J connectivity index is 2.57. The van der Waals surface area contributed by atoms with Crippen LogP contribution in [0.2, 0.25) is 0 Å². The summed E-state index contributed by atoms with van der Waals surface area (Å²) in [6.45, 7) is 2.65. The van der Waals surface area contributed by atoms with E-state index in [0.29, 0.717) is 6.54 Å².